The molecule has 0 saturated carbocycles. The lowest BCUT2D eigenvalue weighted by Crippen LogP contribution is -2.42. The minimum absolute atomic E-state index is 0.596. The Morgan fingerprint density at radius 3 is 2.42 bits per heavy atom. The molecule has 0 atom stereocenters. The highest BCUT2D eigenvalue weighted by Crippen LogP contribution is 2.36. The van der Waals surface area contributed by atoms with E-state index in [0.717, 1.165) is 84.3 Å². The van der Waals surface area contributed by atoms with Gasteiger partial charge in [-0.25, -0.2) is 15.0 Å². The number of methoxy groups -OCH3 is 1. The molecular formula is C30H40N8O2. The molecule has 0 spiro atoms. The van der Waals surface area contributed by atoms with E-state index in [1.165, 1.54) is 17.0 Å². The molecule has 10 nitrogen and oxygen atoms in total. The predicted molar refractivity (Wildman–Crippen MR) is 158 cm³/mol. The average Bonchev–Trinajstić information content (AvgIpc) is 3.53. The number of ether oxygens (including phenoxy) is 1. The molecule has 3 aliphatic heterocycles. The normalized spacial score (nSPS) is 16.5. The maximum absolute atomic E-state index is 5.33. The fourth-order valence-electron chi connectivity index (χ4n) is 5.57. The molecule has 0 aromatic carbocycles. The van der Waals surface area contributed by atoms with Gasteiger partial charge < -0.3 is 14.5 Å². The summed E-state index contributed by atoms with van der Waals surface area (Å²) in [6.45, 7) is 15.6. The van der Waals surface area contributed by atoms with Gasteiger partial charge in [-0.1, -0.05) is 13.8 Å². The second kappa shape index (κ2) is 11.3. The molecule has 0 aliphatic carbocycles. The van der Waals surface area contributed by atoms with Crippen molar-refractivity contribution in [2.75, 3.05) is 34.0 Å². The highest BCUT2D eigenvalue weighted by Gasteiger charge is 2.34. The molecule has 0 unspecified atom stereocenters. The SMILES string of the molecule is CCCN1CC(C)=C(C)C2=C1N1CN(OC)C=C1C=N2.CCCc1nc(C)c2c(C)nc3ccc(OC)nc3n12. The van der Waals surface area contributed by atoms with Gasteiger partial charge in [0, 0.05) is 25.6 Å². The van der Waals surface area contributed by atoms with Crippen LogP contribution in [0.4, 0.5) is 0 Å². The van der Waals surface area contributed by atoms with Crippen LogP contribution in [0, 0.1) is 13.8 Å². The fraction of sp³-hybridized carbons (Fsp3) is 0.467. The summed E-state index contributed by atoms with van der Waals surface area (Å²) in [7, 11) is 3.32. The second-order valence-corrected chi connectivity index (χ2v) is 10.4. The van der Waals surface area contributed by atoms with Crippen molar-refractivity contribution >= 4 is 22.9 Å². The Hall–Kier alpha value is -3.92. The van der Waals surface area contributed by atoms with Gasteiger partial charge >= 0.3 is 0 Å². The summed E-state index contributed by atoms with van der Waals surface area (Å²) in [6.07, 6.45) is 7.04. The van der Waals surface area contributed by atoms with Crippen LogP contribution >= 0.6 is 0 Å². The topological polar surface area (TPSA) is 83.6 Å². The number of nitrogens with zero attached hydrogens (tertiary/aromatic N) is 8. The van der Waals surface area contributed by atoms with Crippen LogP contribution in [0.25, 0.3) is 16.7 Å². The van der Waals surface area contributed by atoms with Crippen LogP contribution < -0.4 is 4.74 Å². The molecular weight excluding hydrogens is 504 g/mol. The molecule has 212 valence electrons. The van der Waals surface area contributed by atoms with Crippen molar-refractivity contribution in [3.05, 3.63) is 63.9 Å². The monoisotopic (exact) mass is 544 g/mol. The number of pyridine rings is 1. The third kappa shape index (κ3) is 4.81. The molecule has 0 radical (unpaired) electrons. The lowest BCUT2D eigenvalue weighted by Gasteiger charge is -2.40. The number of aryl methyl sites for hydroxylation is 3. The molecule has 3 aliphatic rings. The van der Waals surface area contributed by atoms with E-state index in [-0.39, 0.29) is 0 Å². The van der Waals surface area contributed by atoms with Gasteiger partial charge in [-0.3, -0.25) is 14.2 Å². The van der Waals surface area contributed by atoms with E-state index in [1.54, 1.807) is 14.2 Å². The zero-order chi connectivity index (χ0) is 28.6. The molecule has 0 bridgehead atoms. The van der Waals surface area contributed by atoms with E-state index in [9.17, 15) is 0 Å². The molecule has 6 rings (SSSR count). The molecule has 3 aromatic heterocycles. The van der Waals surface area contributed by atoms with Crippen molar-refractivity contribution in [1.29, 1.82) is 0 Å². The minimum atomic E-state index is 0.596. The first-order chi connectivity index (χ1) is 19.3. The number of hydrogen-bond donors (Lipinski definition) is 0. The second-order valence-electron chi connectivity index (χ2n) is 10.4. The van der Waals surface area contributed by atoms with E-state index in [4.69, 9.17) is 9.57 Å². The minimum Gasteiger partial charge on any atom is -0.481 e. The summed E-state index contributed by atoms with van der Waals surface area (Å²) in [4.78, 5) is 28.6. The van der Waals surface area contributed by atoms with Gasteiger partial charge in [0.05, 0.1) is 49.2 Å². The number of rotatable bonds is 6. The number of imidazole rings is 1. The largest absolute Gasteiger partial charge is 0.481 e. The molecule has 0 amide bonds. The van der Waals surface area contributed by atoms with E-state index in [2.05, 4.69) is 61.8 Å². The average molecular weight is 545 g/mol. The highest BCUT2D eigenvalue weighted by molar-refractivity contribution is 5.82. The highest BCUT2D eigenvalue weighted by atomic mass is 16.7. The van der Waals surface area contributed by atoms with E-state index >= 15 is 0 Å². The van der Waals surface area contributed by atoms with Gasteiger partial charge in [0.1, 0.15) is 29.5 Å². The molecule has 40 heavy (non-hydrogen) atoms. The van der Waals surface area contributed by atoms with Gasteiger partial charge in [-0.05, 0) is 57.7 Å². The molecule has 0 saturated heterocycles. The van der Waals surface area contributed by atoms with Crippen LogP contribution in [0.3, 0.4) is 0 Å². The third-order valence-corrected chi connectivity index (χ3v) is 7.59. The van der Waals surface area contributed by atoms with Crippen molar-refractivity contribution in [3.63, 3.8) is 0 Å². The maximum Gasteiger partial charge on any atom is 0.215 e. The zero-order valence-corrected chi connectivity index (χ0v) is 24.9. The van der Waals surface area contributed by atoms with Crippen molar-refractivity contribution in [2.45, 2.75) is 60.8 Å². The molecule has 6 heterocycles. The van der Waals surface area contributed by atoms with Crippen LogP contribution in [-0.2, 0) is 11.3 Å². The van der Waals surface area contributed by atoms with E-state index < -0.39 is 0 Å². The van der Waals surface area contributed by atoms with Gasteiger partial charge in [0.2, 0.25) is 5.88 Å². The fourth-order valence-corrected chi connectivity index (χ4v) is 5.57. The van der Waals surface area contributed by atoms with Crippen molar-refractivity contribution in [3.8, 4) is 5.88 Å². The lowest BCUT2D eigenvalue weighted by molar-refractivity contribution is -0.0971. The Bertz CT molecular complexity index is 1560. The molecule has 10 heteroatoms. The van der Waals surface area contributed by atoms with Gasteiger partial charge in [0.15, 0.2) is 5.65 Å². The van der Waals surface area contributed by atoms with Crippen LogP contribution in [0.5, 0.6) is 5.88 Å². The quantitative estimate of drug-likeness (QED) is 0.422. The lowest BCUT2D eigenvalue weighted by atomic mass is 10.0. The van der Waals surface area contributed by atoms with Gasteiger partial charge in [-0.15, -0.1) is 0 Å². The maximum atomic E-state index is 5.33. The van der Waals surface area contributed by atoms with Crippen molar-refractivity contribution in [2.24, 2.45) is 4.99 Å². The Morgan fingerprint density at radius 2 is 1.73 bits per heavy atom. The summed E-state index contributed by atoms with van der Waals surface area (Å²) in [6, 6.07) is 3.78. The predicted octanol–water partition coefficient (Wildman–Crippen LogP) is 5.14. The summed E-state index contributed by atoms with van der Waals surface area (Å²) in [5.74, 6) is 2.86. The zero-order valence-electron chi connectivity index (χ0n) is 24.9. The Balaban J connectivity index is 0.000000161. The number of hydrogen-bond acceptors (Lipinski definition) is 9. The molecule has 3 aromatic rings. The van der Waals surface area contributed by atoms with Crippen LogP contribution in [-0.4, -0.2) is 74.4 Å². The smallest absolute Gasteiger partial charge is 0.215 e. The Kier molecular flexibility index (Phi) is 7.80. The Labute approximate surface area is 236 Å². The molecule has 0 N–H and O–H groups in total. The number of aliphatic imine (C=N–C) groups is 1. The summed E-state index contributed by atoms with van der Waals surface area (Å²) in [5.41, 5.74) is 9.64. The first-order valence-electron chi connectivity index (χ1n) is 14.0. The number of allylic oxidation sites excluding steroid dienone is 2. The summed E-state index contributed by atoms with van der Waals surface area (Å²) in [5, 5.41) is 1.84. The number of fused-ring (bicyclic) bond motifs is 5. The number of hydroxylamine groups is 2. The van der Waals surface area contributed by atoms with E-state index in [0.29, 0.717) is 5.88 Å². The van der Waals surface area contributed by atoms with Gasteiger partial charge in [0.25, 0.3) is 0 Å². The standard InChI is InChI=1S/C15H22N4O.C15H18N4O/c1-5-6-17-8-11(2)12(3)14-15(17)19-10-18(20-4)9-13(19)7-16-14;1-5-6-12-17-10(3)14-9(2)16-11-7-8-13(20-4)18-15(11)19(12)14/h7,9H,5-6,8,10H2,1-4H3;7-8H,5-6H2,1-4H3. The summed E-state index contributed by atoms with van der Waals surface area (Å²) >= 11 is 0. The number of aromatic nitrogens is 4. The first kappa shape index (κ1) is 27.6. The Morgan fingerprint density at radius 1 is 0.950 bits per heavy atom. The summed E-state index contributed by atoms with van der Waals surface area (Å²) < 4.78 is 7.36. The van der Waals surface area contributed by atoms with Crippen molar-refractivity contribution in [1.82, 2.24) is 34.2 Å². The van der Waals surface area contributed by atoms with Crippen LogP contribution in [0.2, 0.25) is 0 Å². The van der Waals surface area contributed by atoms with Crippen LogP contribution in [0.15, 0.2) is 51.7 Å². The first-order valence-corrected chi connectivity index (χ1v) is 14.0. The third-order valence-electron chi connectivity index (χ3n) is 7.59. The van der Waals surface area contributed by atoms with E-state index in [1.807, 2.05) is 43.5 Å². The van der Waals surface area contributed by atoms with Gasteiger partial charge in [-0.2, -0.15) is 4.98 Å². The van der Waals surface area contributed by atoms with Crippen LogP contribution in [0.1, 0.15) is 57.7 Å². The van der Waals surface area contributed by atoms with Crippen molar-refractivity contribution < 1.29 is 9.57 Å². The molecule has 0 fully saturated rings.